The zero-order chi connectivity index (χ0) is 13.0. The Labute approximate surface area is 94.4 Å². The van der Waals surface area contributed by atoms with Gasteiger partial charge in [0.05, 0.1) is 6.61 Å². The Bertz CT molecular complexity index is 451. The minimum atomic E-state index is -3.02. The molecule has 1 aromatic rings. The van der Waals surface area contributed by atoms with Gasteiger partial charge in [0.15, 0.2) is 6.20 Å². The van der Waals surface area contributed by atoms with E-state index in [1.165, 1.54) is 6.92 Å². The highest BCUT2D eigenvalue weighted by atomic mass is 19.3. The van der Waals surface area contributed by atoms with Crippen molar-refractivity contribution in [2.24, 2.45) is 0 Å². The summed E-state index contributed by atoms with van der Waals surface area (Å²) >= 11 is 0. The van der Waals surface area contributed by atoms with Crippen molar-refractivity contribution in [3.8, 4) is 0 Å². The van der Waals surface area contributed by atoms with E-state index in [4.69, 9.17) is 0 Å². The zero-order valence-electron chi connectivity index (χ0n) is 8.72. The molecule has 1 aromatic heterocycles. The lowest BCUT2D eigenvalue weighted by Crippen LogP contribution is -2.10. The minimum absolute atomic E-state index is 0.0124. The van der Waals surface area contributed by atoms with Crippen LogP contribution >= 0.6 is 0 Å². The number of halogens is 2. The number of alkyl halides is 2. The number of hydrogen-bond acceptors (Lipinski definition) is 5. The third-order valence-corrected chi connectivity index (χ3v) is 1.84. The van der Waals surface area contributed by atoms with Gasteiger partial charge in [-0.15, -0.1) is 0 Å². The van der Waals surface area contributed by atoms with Crippen molar-refractivity contribution in [1.29, 1.82) is 0 Å². The molecular formula is C9H8F2N2O4. The Balaban J connectivity index is 3.22. The van der Waals surface area contributed by atoms with Crippen LogP contribution in [0.5, 0.6) is 0 Å². The highest BCUT2D eigenvalue weighted by Crippen LogP contribution is 2.26. The van der Waals surface area contributed by atoms with E-state index in [2.05, 4.69) is 9.72 Å². The van der Waals surface area contributed by atoms with E-state index in [9.17, 15) is 23.7 Å². The van der Waals surface area contributed by atoms with Gasteiger partial charge in [-0.25, -0.2) is 13.6 Å². The van der Waals surface area contributed by atoms with Crippen molar-refractivity contribution in [3.63, 3.8) is 0 Å². The first-order valence-electron chi connectivity index (χ1n) is 4.57. The molecule has 1 heterocycles. The zero-order valence-corrected chi connectivity index (χ0v) is 8.72. The van der Waals surface area contributed by atoms with Gasteiger partial charge in [-0.3, -0.25) is 0 Å². The molecule has 0 aliphatic carbocycles. The van der Waals surface area contributed by atoms with Crippen LogP contribution in [0.25, 0.3) is 0 Å². The molecule has 0 aliphatic heterocycles. The van der Waals surface area contributed by atoms with Crippen LogP contribution in [0.15, 0.2) is 12.3 Å². The molecule has 0 amide bonds. The van der Waals surface area contributed by atoms with Crippen LogP contribution in [-0.4, -0.2) is 22.5 Å². The lowest BCUT2D eigenvalue weighted by atomic mass is 10.1. The number of nitro groups is 1. The van der Waals surface area contributed by atoms with Crippen LogP contribution in [0.4, 0.5) is 14.6 Å². The maximum Gasteiger partial charge on any atom is 0.363 e. The van der Waals surface area contributed by atoms with Crippen LogP contribution < -0.4 is 0 Å². The fourth-order valence-corrected chi connectivity index (χ4v) is 1.12. The summed E-state index contributed by atoms with van der Waals surface area (Å²) in [5.41, 5.74) is -1.22. The average molecular weight is 246 g/mol. The quantitative estimate of drug-likeness (QED) is 0.461. The van der Waals surface area contributed by atoms with Gasteiger partial charge < -0.3 is 14.9 Å². The molecule has 6 nitrogen and oxygen atoms in total. The van der Waals surface area contributed by atoms with Crippen molar-refractivity contribution in [2.45, 2.75) is 13.3 Å². The van der Waals surface area contributed by atoms with Crippen molar-refractivity contribution in [1.82, 2.24) is 4.98 Å². The van der Waals surface area contributed by atoms with Gasteiger partial charge in [-0.2, -0.15) is 0 Å². The van der Waals surface area contributed by atoms with E-state index in [1.54, 1.807) is 0 Å². The van der Waals surface area contributed by atoms with Gasteiger partial charge in [0.2, 0.25) is 0 Å². The number of rotatable bonds is 4. The van der Waals surface area contributed by atoms with E-state index < -0.39 is 34.3 Å². The largest absolute Gasteiger partial charge is 0.462 e. The summed E-state index contributed by atoms with van der Waals surface area (Å²) in [6.45, 7) is 1.53. The van der Waals surface area contributed by atoms with E-state index in [0.29, 0.717) is 6.07 Å². The number of aromatic nitrogens is 1. The van der Waals surface area contributed by atoms with Crippen molar-refractivity contribution >= 4 is 11.8 Å². The molecule has 0 N–H and O–H groups in total. The van der Waals surface area contributed by atoms with E-state index in [0.717, 1.165) is 6.20 Å². The van der Waals surface area contributed by atoms with Gasteiger partial charge >= 0.3 is 11.8 Å². The van der Waals surface area contributed by atoms with E-state index in [-0.39, 0.29) is 6.61 Å². The van der Waals surface area contributed by atoms with Crippen LogP contribution in [-0.2, 0) is 4.74 Å². The summed E-state index contributed by atoms with van der Waals surface area (Å²) in [7, 11) is 0. The fourth-order valence-electron chi connectivity index (χ4n) is 1.12. The number of nitrogens with zero attached hydrogens (tertiary/aromatic N) is 2. The second kappa shape index (κ2) is 5.28. The predicted molar refractivity (Wildman–Crippen MR) is 51.8 cm³/mol. The van der Waals surface area contributed by atoms with Crippen LogP contribution in [0, 0.1) is 10.1 Å². The number of pyridine rings is 1. The summed E-state index contributed by atoms with van der Waals surface area (Å²) in [6.07, 6.45) is -2.30. The molecule has 0 aromatic carbocycles. The molecule has 17 heavy (non-hydrogen) atoms. The van der Waals surface area contributed by atoms with Crippen molar-refractivity contribution in [3.05, 3.63) is 33.5 Å². The summed E-state index contributed by atoms with van der Waals surface area (Å²) < 4.78 is 29.8. The van der Waals surface area contributed by atoms with Crippen LogP contribution in [0.2, 0.25) is 0 Å². The monoisotopic (exact) mass is 246 g/mol. The minimum Gasteiger partial charge on any atom is -0.462 e. The summed E-state index contributed by atoms with van der Waals surface area (Å²) in [5.74, 6) is -1.72. The number of hydrogen-bond donors (Lipinski definition) is 0. The van der Waals surface area contributed by atoms with E-state index >= 15 is 0 Å². The van der Waals surface area contributed by atoms with Crippen molar-refractivity contribution < 1.29 is 23.2 Å². The molecule has 0 atom stereocenters. The smallest absolute Gasteiger partial charge is 0.363 e. The third-order valence-electron chi connectivity index (χ3n) is 1.84. The van der Waals surface area contributed by atoms with Gasteiger partial charge in [-0.05, 0) is 16.8 Å². The molecule has 0 saturated carbocycles. The van der Waals surface area contributed by atoms with Gasteiger partial charge in [-0.1, -0.05) is 0 Å². The summed E-state index contributed by atoms with van der Waals surface area (Å²) in [5, 5.41) is 10.4. The lowest BCUT2D eigenvalue weighted by Gasteiger charge is -2.05. The molecule has 0 fully saturated rings. The first kappa shape index (κ1) is 12.9. The number of carbonyl (C=O) groups is 1. The molecule has 1 rings (SSSR count). The Morgan fingerprint density at radius 3 is 2.76 bits per heavy atom. The number of ether oxygens (including phenoxy) is 1. The van der Waals surface area contributed by atoms with Gasteiger partial charge in [0.25, 0.3) is 6.43 Å². The second-order valence-electron chi connectivity index (χ2n) is 2.91. The maximum atomic E-state index is 12.6. The predicted octanol–water partition coefficient (Wildman–Crippen LogP) is 2.10. The molecule has 92 valence electrons. The van der Waals surface area contributed by atoms with Crippen LogP contribution in [0.1, 0.15) is 29.3 Å². The topological polar surface area (TPSA) is 82.3 Å². The Kier molecular flexibility index (Phi) is 4.02. The Morgan fingerprint density at radius 2 is 2.29 bits per heavy atom. The second-order valence-corrected chi connectivity index (χ2v) is 2.91. The molecule has 0 spiro atoms. The first-order chi connectivity index (χ1) is 7.97. The highest BCUT2D eigenvalue weighted by Gasteiger charge is 2.24. The normalized spacial score (nSPS) is 10.4. The summed E-state index contributed by atoms with van der Waals surface area (Å²) in [4.78, 5) is 24.0. The molecule has 0 bridgehead atoms. The van der Waals surface area contributed by atoms with E-state index in [1.807, 2.05) is 0 Å². The first-order valence-corrected chi connectivity index (χ1v) is 4.57. The Hall–Kier alpha value is -2.12. The summed E-state index contributed by atoms with van der Waals surface area (Å²) in [6, 6.07) is 0.566. The molecule has 8 heteroatoms. The molecule has 0 radical (unpaired) electrons. The highest BCUT2D eigenvalue weighted by molar-refractivity contribution is 5.91. The SMILES string of the molecule is CCOC(=O)c1cnc([N+](=O)[O-])cc1C(F)F. The molecule has 0 unspecified atom stereocenters. The van der Waals surface area contributed by atoms with Crippen LogP contribution in [0.3, 0.4) is 0 Å². The standard InChI is InChI=1S/C9H8F2N2O4/c1-2-17-9(14)6-4-12-7(13(15)16)3-5(6)8(10)11/h3-4,8H,2H2,1H3. The molecular weight excluding hydrogens is 238 g/mol. The van der Waals surface area contributed by atoms with Crippen molar-refractivity contribution in [2.75, 3.05) is 6.61 Å². The fraction of sp³-hybridized carbons (Fsp3) is 0.333. The van der Waals surface area contributed by atoms with Gasteiger partial charge in [0.1, 0.15) is 5.56 Å². The lowest BCUT2D eigenvalue weighted by molar-refractivity contribution is -0.389. The van der Waals surface area contributed by atoms with Gasteiger partial charge in [0, 0.05) is 11.6 Å². The maximum absolute atomic E-state index is 12.6. The Morgan fingerprint density at radius 1 is 1.65 bits per heavy atom. The third kappa shape index (κ3) is 2.92. The number of esters is 1. The average Bonchev–Trinajstić information content (AvgIpc) is 2.28. The molecule has 0 saturated heterocycles. The number of carbonyl (C=O) groups excluding carboxylic acids is 1. The molecule has 0 aliphatic rings.